The molecule has 7 heteroatoms. The molecule has 1 aliphatic heterocycles. The minimum atomic E-state index is -0.130. The van der Waals surface area contributed by atoms with Crippen molar-refractivity contribution in [3.05, 3.63) is 34.9 Å². The maximum absolute atomic E-state index is 12.5. The predicted molar refractivity (Wildman–Crippen MR) is 111 cm³/mol. The van der Waals surface area contributed by atoms with Crippen molar-refractivity contribution in [3.8, 4) is 0 Å². The molecule has 2 saturated carbocycles. The van der Waals surface area contributed by atoms with Crippen LogP contribution in [0.1, 0.15) is 50.5 Å². The van der Waals surface area contributed by atoms with Crippen LogP contribution < -0.4 is 10.6 Å². The summed E-state index contributed by atoms with van der Waals surface area (Å²) in [4.78, 5) is 26.5. The summed E-state index contributed by atoms with van der Waals surface area (Å²) in [5.41, 5.74) is 1.35. The normalized spacial score (nSPS) is 30.6. The summed E-state index contributed by atoms with van der Waals surface area (Å²) in [6.07, 6.45) is 6.72. The van der Waals surface area contributed by atoms with Gasteiger partial charge in [0.2, 0.25) is 5.91 Å². The Kier molecular flexibility index (Phi) is 6.02. The lowest BCUT2D eigenvalue weighted by Crippen LogP contribution is -2.58. The van der Waals surface area contributed by atoms with E-state index in [-0.39, 0.29) is 30.6 Å². The number of benzene rings is 1. The van der Waals surface area contributed by atoms with Crippen LogP contribution in [0.15, 0.2) is 24.3 Å². The Hall–Kier alpha value is -1.79. The highest BCUT2D eigenvalue weighted by Crippen LogP contribution is 2.59. The van der Waals surface area contributed by atoms with Gasteiger partial charge in [-0.25, -0.2) is 4.79 Å². The van der Waals surface area contributed by atoms with Crippen molar-refractivity contribution in [2.45, 2.75) is 63.6 Å². The van der Waals surface area contributed by atoms with Crippen molar-refractivity contribution in [2.24, 2.45) is 11.3 Å². The first kappa shape index (κ1) is 20.5. The molecule has 1 aromatic rings. The molecule has 1 saturated heterocycles. The molecule has 29 heavy (non-hydrogen) atoms. The molecule has 3 aliphatic rings. The van der Waals surface area contributed by atoms with Crippen LogP contribution in [0.25, 0.3) is 0 Å². The molecule has 158 valence electrons. The summed E-state index contributed by atoms with van der Waals surface area (Å²) in [5.74, 6) is 0.666. The minimum Gasteiger partial charge on any atom is -0.394 e. The number of aliphatic hydroxyl groups is 1. The SMILES string of the molecule is O=C(NCc1ccc(Cl)cc1)NC1CC2(CC(CC(=O)N3CCC[C@H]3CO)C2)C1. The molecule has 0 radical (unpaired) electrons. The second-order valence-corrected chi connectivity index (χ2v) is 9.54. The van der Waals surface area contributed by atoms with Crippen LogP contribution in [0.5, 0.6) is 0 Å². The van der Waals surface area contributed by atoms with Gasteiger partial charge >= 0.3 is 6.03 Å². The number of carbonyl (C=O) groups is 2. The van der Waals surface area contributed by atoms with E-state index in [1.54, 1.807) is 0 Å². The van der Waals surface area contributed by atoms with E-state index in [0.29, 0.717) is 29.3 Å². The van der Waals surface area contributed by atoms with Crippen molar-refractivity contribution < 1.29 is 14.7 Å². The standard InChI is InChI=1S/C22H30ClN3O3/c23-17-5-3-15(4-6-17)13-24-21(29)25-18-11-22(12-18)9-16(10-22)8-20(28)26-7-1-2-19(26)14-27/h3-6,16,18-19,27H,1-2,7-14H2,(H2,24,25,29)/t16?,18?,19-,22?/m0/s1. The van der Waals surface area contributed by atoms with Gasteiger partial charge in [0, 0.05) is 30.6 Å². The summed E-state index contributed by atoms with van der Waals surface area (Å²) >= 11 is 5.87. The van der Waals surface area contributed by atoms with Gasteiger partial charge in [-0.2, -0.15) is 0 Å². The third kappa shape index (κ3) is 4.69. The Labute approximate surface area is 177 Å². The van der Waals surface area contributed by atoms with E-state index in [2.05, 4.69) is 10.6 Å². The fourth-order valence-electron chi connectivity index (χ4n) is 5.47. The van der Waals surface area contributed by atoms with Crippen molar-refractivity contribution in [1.29, 1.82) is 0 Å². The number of rotatable bonds is 6. The maximum atomic E-state index is 12.5. The molecule has 3 N–H and O–H groups in total. The first-order valence-electron chi connectivity index (χ1n) is 10.7. The number of nitrogens with one attached hydrogen (secondary N) is 2. The Bertz CT molecular complexity index is 740. The highest BCUT2D eigenvalue weighted by molar-refractivity contribution is 6.30. The van der Waals surface area contributed by atoms with E-state index in [1.165, 1.54) is 0 Å². The van der Waals surface area contributed by atoms with Gasteiger partial charge in [0.1, 0.15) is 0 Å². The molecule has 2 aliphatic carbocycles. The van der Waals surface area contributed by atoms with Crippen LogP contribution in [0.3, 0.4) is 0 Å². The van der Waals surface area contributed by atoms with Crippen LogP contribution >= 0.6 is 11.6 Å². The number of carbonyl (C=O) groups excluding carboxylic acids is 2. The van der Waals surface area contributed by atoms with E-state index in [1.807, 2.05) is 29.2 Å². The topological polar surface area (TPSA) is 81.7 Å². The smallest absolute Gasteiger partial charge is 0.315 e. The van der Waals surface area contributed by atoms with E-state index < -0.39 is 0 Å². The first-order chi connectivity index (χ1) is 14.0. The van der Waals surface area contributed by atoms with Crippen molar-refractivity contribution >= 4 is 23.5 Å². The van der Waals surface area contributed by atoms with E-state index in [0.717, 1.165) is 50.6 Å². The van der Waals surface area contributed by atoms with Crippen molar-refractivity contribution in [1.82, 2.24) is 15.5 Å². The highest BCUT2D eigenvalue weighted by atomic mass is 35.5. The summed E-state index contributed by atoms with van der Waals surface area (Å²) < 4.78 is 0. The van der Waals surface area contributed by atoms with Gasteiger partial charge < -0.3 is 20.6 Å². The van der Waals surface area contributed by atoms with Gasteiger partial charge in [0.15, 0.2) is 0 Å². The second-order valence-electron chi connectivity index (χ2n) is 9.10. The van der Waals surface area contributed by atoms with Crippen molar-refractivity contribution in [3.63, 3.8) is 0 Å². The lowest BCUT2D eigenvalue weighted by atomic mass is 9.49. The summed E-state index contributed by atoms with van der Waals surface area (Å²) in [6.45, 7) is 1.35. The molecule has 0 bridgehead atoms. The minimum absolute atomic E-state index is 0.0280. The average molecular weight is 420 g/mol. The van der Waals surface area contributed by atoms with Crippen molar-refractivity contribution in [2.75, 3.05) is 13.2 Å². The van der Waals surface area contributed by atoms with Gasteiger partial charge in [-0.05, 0) is 67.6 Å². The second kappa shape index (κ2) is 8.52. The number of nitrogens with zero attached hydrogens (tertiary/aromatic N) is 1. The van der Waals surface area contributed by atoms with Gasteiger partial charge in [-0.1, -0.05) is 23.7 Å². The lowest BCUT2D eigenvalue weighted by Gasteiger charge is -2.58. The van der Waals surface area contributed by atoms with E-state index >= 15 is 0 Å². The highest BCUT2D eigenvalue weighted by Gasteiger charge is 2.53. The third-order valence-corrected chi connectivity index (χ3v) is 7.13. The molecule has 3 amide bonds. The largest absolute Gasteiger partial charge is 0.394 e. The van der Waals surface area contributed by atoms with Gasteiger partial charge in [0.25, 0.3) is 0 Å². The Balaban J connectivity index is 1.12. The number of likely N-dealkylation sites (tertiary alicyclic amines) is 1. The average Bonchev–Trinajstić information content (AvgIpc) is 3.13. The van der Waals surface area contributed by atoms with Crippen LogP contribution in [0, 0.1) is 11.3 Å². The number of hydrogen-bond acceptors (Lipinski definition) is 3. The van der Waals surface area contributed by atoms with Crippen LogP contribution in [-0.4, -0.2) is 47.2 Å². The molecular formula is C22H30ClN3O3. The molecule has 6 nitrogen and oxygen atoms in total. The molecule has 0 unspecified atom stereocenters. The molecule has 1 heterocycles. The number of hydrogen-bond donors (Lipinski definition) is 3. The monoisotopic (exact) mass is 419 g/mol. The lowest BCUT2D eigenvalue weighted by molar-refractivity contribution is -0.137. The van der Waals surface area contributed by atoms with E-state index in [4.69, 9.17) is 11.6 Å². The zero-order valence-electron chi connectivity index (χ0n) is 16.7. The third-order valence-electron chi connectivity index (χ3n) is 6.88. The van der Waals surface area contributed by atoms with Crippen LogP contribution in [0.2, 0.25) is 5.02 Å². The van der Waals surface area contributed by atoms with Gasteiger partial charge in [-0.15, -0.1) is 0 Å². The molecule has 1 aromatic carbocycles. The first-order valence-corrected chi connectivity index (χ1v) is 11.0. The fraction of sp³-hybridized carbons (Fsp3) is 0.636. The number of urea groups is 1. The quantitative estimate of drug-likeness (QED) is 0.662. The van der Waals surface area contributed by atoms with Crippen LogP contribution in [-0.2, 0) is 11.3 Å². The molecule has 0 aromatic heterocycles. The van der Waals surface area contributed by atoms with Gasteiger partial charge in [0.05, 0.1) is 12.6 Å². The zero-order valence-corrected chi connectivity index (χ0v) is 17.5. The Morgan fingerprint density at radius 3 is 2.59 bits per heavy atom. The summed E-state index contributed by atoms with van der Waals surface area (Å²) in [6, 6.07) is 7.57. The molecule has 3 fully saturated rings. The molecule has 4 rings (SSSR count). The van der Waals surface area contributed by atoms with E-state index in [9.17, 15) is 14.7 Å². The van der Waals surface area contributed by atoms with Crippen LogP contribution in [0.4, 0.5) is 4.79 Å². The summed E-state index contributed by atoms with van der Waals surface area (Å²) in [5, 5.41) is 16.0. The Morgan fingerprint density at radius 1 is 1.17 bits per heavy atom. The number of aliphatic hydroxyl groups excluding tert-OH is 1. The van der Waals surface area contributed by atoms with Gasteiger partial charge in [-0.3, -0.25) is 4.79 Å². The number of halogens is 1. The predicted octanol–water partition coefficient (Wildman–Crippen LogP) is 3.07. The zero-order chi connectivity index (χ0) is 20.4. The molecule has 1 atom stereocenters. The fourth-order valence-corrected chi connectivity index (χ4v) is 5.60. The summed E-state index contributed by atoms with van der Waals surface area (Å²) in [7, 11) is 0. The maximum Gasteiger partial charge on any atom is 0.315 e. The molecular weight excluding hydrogens is 390 g/mol. The number of amides is 3. The molecule has 1 spiro atoms. The Morgan fingerprint density at radius 2 is 1.90 bits per heavy atom.